The summed E-state index contributed by atoms with van der Waals surface area (Å²) in [6.45, 7) is 2.85. The van der Waals surface area contributed by atoms with Crippen molar-refractivity contribution in [2.45, 2.75) is 12.8 Å². The Morgan fingerprint density at radius 1 is 0.897 bits per heavy atom. The first-order chi connectivity index (χ1) is 13.9. The molecule has 0 saturated carbocycles. The molecule has 0 aliphatic carbocycles. The molecule has 4 heteroatoms. The van der Waals surface area contributed by atoms with Gasteiger partial charge in [-0.3, -0.25) is 0 Å². The summed E-state index contributed by atoms with van der Waals surface area (Å²) in [6.07, 6.45) is 0. The molecule has 0 amide bonds. The highest BCUT2D eigenvalue weighted by atomic mass is 16.4. The van der Waals surface area contributed by atoms with E-state index in [0.717, 1.165) is 34.6 Å². The monoisotopic (exact) mass is 388 g/mol. The molecule has 0 saturated heterocycles. The lowest BCUT2D eigenvalue weighted by Crippen LogP contribution is -2.23. The van der Waals surface area contributed by atoms with Gasteiger partial charge in [0.25, 0.3) is 0 Å². The van der Waals surface area contributed by atoms with Crippen LogP contribution in [0.5, 0.6) is 0 Å². The fraction of sp³-hybridized carbons (Fsp3) is 0.240. The van der Waals surface area contributed by atoms with Crippen LogP contribution in [-0.2, 0) is 0 Å². The van der Waals surface area contributed by atoms with Crippen LogP contribution in [0.15, 0.2) is 72.8 Å². The molecule has 3 rings (SSSR count). The Labute approximate surface area is 173 Å². The zero-order chi connectivity index (χ0) is 21.0. The molecule has 0 heterocycles. The van der Waals surface area contributed by atoms with Crippen molar-refractivity contribution in [1.82, 2.24) is 0 Å². The third-order valence-corrected chi connectivity index (χ3v) is 5.33. The minimum absolute atomic E-state index is 0.177. The number of hydrogen-bond donors (Lipinski definition) is 1. The fourth-order valence-electron chi connectivity index (χ4n) is 3.66. The van der Waals surface area contributed by atoms with Gasteiger partial charge in [-0.15, -0.1) is 0 Å². The maximum atomic E-state index is 12.4. The first-order valence-electron chi connectivity index (χ1n) is 9.83. The Morgan fingerprint density at radius 3 is 1.83 bits per heavy atom. The SMILES string of the molecule is CCN(C)c1cc(N(C)C)cc(C(=O)O)c1C(c1ccccc1)c1ccccc1. The molecule has 0 aliphatic heterocycles. The van der Waals surface area contributed by atoms with Gasteiger partial charge in [-0.1, -0.05) is 60.7 Å². The van der Waals surface area contributed by atoms with Crippen LogP contribution in [-0.4, -0.2) is 38.8 Å². The molecule has 4 nitrogen and oxygen atoms in total. The maximum absolute atomic E-state index is 12.4. The van der Waals surface area contributed by atoms with Crippen LogP contribution >= 0.6 is 0 Å². The van der Waals surface area contributed by atoms with Crippen LogP contribution < -0.4 is 9.80 Å². The molecular formula is C25H28N2O2. The van der Waals surface area contributed by atoms with Crippen molar-refractivity contribution in [1.29, 1.82) is 0 Å². The number of carbonyl (C=O) groups is 1. The Hall–Kier alpha value is -3.27. The Bertz CT molecular complexity index is 929. The lowest BCUT2D eigenvalue weighted by atomic mass is 9.81. The van der Waals surface area contributed by atoms with E-state index in [1.807, 2.05) is 62.4 Å². The molecule has 0 bridgehead atoms. The molecule has 150 valence electrons. The second-order valence-corrected chi connectivity index (χ2v) is 7.39. The summed E-state index contributed by atoms with van der Waals surface area (Å²) in [4.78, 5) is 16.5. The normalized spacial score (nSPS) is 10.8. The van der Waals surface area contributed by atoms with Crippen molar-refractivity contribution in [3.8, 4) is 0 Å². The second kappa shape index (κ2) is 8.82. The van der Waals surface area contributed by atoms with Crippen molar-refractivity contribution in [2.75, 3.05) is 37.5 Å². The Morgan fingerprint density at radius 2 is 1.41 bits per heavy atom. The molecule has 0 fully saturated rings. The molecular weight excluding hydrogens is 360 g/mol. The number of aromatic carboxylic acids is 1. The summed E-state index contributed by atoms with van der Waals surface area (Å²) in [7, 11) is 5.88. The van der Waals surface area contributed by atoms with E-state index in [-0.39, 0.29) is 5.92 Å². The highest BCUT2D eigenvalue weighted by Gasteiger charge is 2.28. The minimum atomic E-state index is -0.911. The largest absolute Gasteiger partial charge is 0.478 e. The molecule has 0 aromatic heterocycles. The van der Waals surface area contributed by atoms with Crippen molar-refractivity contribution in [3.05, 3.63) is 95.1 Å². The molecule has 0 unspecified atom stereocenters. The Kier molecular flexibility index (Phi) is 6.23. The first kappa shape index (κ1) is 20.5. The van der Waals surface area contributed by atoms with E-state index >= 15 is 0 Å². The number of rotatable bonds is 7. The molecule has 29 heavy (non-hydrogen) atoms. The highest BCUT2D eigenvalue weighted by Crippen LogP contribution is 2.41. The number of carboxylic acids is 1. The van der Waals surface area contributed by atoms with Crippen molar-refractivity contribution < 1.29 is 9.90 Å². The Balaban J connectivity index is 2.39. The molecule has 3 aromatic carbocycles. The van der Waals surface area contributed by atoms with Crippen LogP contribution in [0.4, 0.5) is 11.4 Å². The van der Waals surface area contributed by atoms with Gasteiger partial charge in [-0.25, -0.2) is 4.79 Å². The minimum Gasteiger partial charge on any atom is -0.478 e. The maximum Gasteiger partial charge on any atom is 0.336 e. The van der Waals surface area contributed by atoms with Gasteiger partial charge in [0.1, 0.15) is 0 Å². The summed E-state index contributed by atoms with van der Waals surface area (Å²) in [6, 6.07) is 24.1. The summed E-state index contributed by atoms with van der Waals surface area (Å²) in [5.74, 6) is -1.09. The van der Waals surface area contributed by atoms with E-state index in [4.69, 9.17) is 0 Å². The van der Waals surface area contributed by atoms with Gasteiger partial charge in [0, 0.05) is 50.5 Å². The van der Waals surface area contributed by atoms with Gasteiger partial charge in [0.15, 0.2) is 0 Å². The number of anilines is 2. The third-order valence-electron chi connectivity index (χ3n) is 5.33. The number of hydrogen-bond acceptors (Lipinski definition) is 3. The average Bonchev–Trinajstić information content (AvgIpc) is 2.74. The molecule has 0 radical (unpaired) electrons. The summed E-state index contributed by atoms with van der Waals surface area (Å²) in [5, 5.41) is 10.2. The first-order valence-corrected chi connectivity index (χ1v) is 9.83. The molecule has 1 N–H and O–H groups in total. The van der Waals surface area contributed by atoms with Crippen LogP contribution in [0.1, 0.15) is 39.9 Å². The number of benzene rings is 3. The smallest absolute Gasteiger partial charge is 0.336 e. The molecule has 0 aliphatic rings. The van der Waals surface area contributed by atoms with Gasteiger partial charge in [0.05, 0.1) is 5.56 Å². The predicted molar refractivity (Wildman–Crippen MR) is 121 cm³/mol. The third kappa shape index (κ3) is 4.27. The van der Waals surface area contributed by atoms with E-state index in [1.54, 1.807) is 6.07 Å². The van der Waals surface area contributed by atoms with Crippen LogP contribution in [0.2, 0.25) is 0 Å². The van der Waals surface area contributed by atoms with E-state index in [0.29, 0.717) is 5.56 Å². The summed E-state index contributed by atoms with van der Waals surface area (Å²) in [5.41, 5.74) is 5.12. The van der Waals surface area contributed by atoms with Crippen LogP contribution in [0.3, 0.4) is 0 Å². The predicted octanol–water partition coefficient (Wildman–Crippen LogP) is 5.09. The topological polar surface area (TPSA) is 43.8 Å². The van der Waals surface area contributed by atoms with Crippen molar-refractivity contribution in [2.24, 2.45) is 0 Å². The molecule has 0 atom stereocenters. The lowest BCUT2D eigenvalue weighted by molar-refractivity contribution is 0.0695. The zero-order valence-corrected chi connectivity index (χ0v) is 17.5. The van der Waals surface area contributed by atoms with Gasteiger partial charge >= 0.3 is 5.97 Å². The van der Waals surface area contributed by atoms with Gasteiger partial charge in [-0.2, -0.15) is 0 Å². The fourth-order valence-corrected chi connectivity index (χ4v) is 3.66. The second-order valence-electron chi connectivity index (χ2n) is 7.39. The molecule has 0 spiro atoms. The van der Waals surface area contributed by atoms with E-state index in [2.05, 4.69) is 42.2 Å². The quantitative estimate of drug-likeness (QED) is 0.573. The number of nitrogens with zero attached hydrogens (tertiary/aromatic N) is 2. The van der Waals surface area contributed by atoms with Crippen LogP contribution in [0, 0.1) is 0 Å². The van der Waals surface area contributed by atoms with Gasteiger partial charge in [0.2, 0.25) is 0 Å². The van der Waals surface area contributed by atoms with Crippen LogP contribution in [0.25, 0.3) is 0 Å². The van der Waals surface area contributed by atoms with E-state index in [9.17, 15) is 9.90 Å². The van der Waals surface area contributed by atoms with Gasteiger partial charge < -0.3 is 14.9 Å². The number of carboxylic acid groups (broad SMARTS) is 1. The molecule has 3 aromatic rings. The lowest BCUT2D eigenvalue weighted by Gasteiger charge is -2.30. The average molecular weight is 389 g/mol. The zero-order valence-electron chi connectivity index (χ0n) is 17.5. The van der Waals surface area contributed by atoms with Crippen molar-refractivity contribution >= 4 is 17.3 Å². The standard InChI is InChI=1S/C25H28N2O2/c1-5-27(4)22-17-20(26(2)3)16-21(25(28)29)24(22)23(18-12-8-6-9-13-18)19-14-10-7-11-15-19/h6-17,23H,5H2,1-4H3,(H,28,29). The van der Waals surface area contributed by atoms with Gasteiger partial charge in [-0.05, 0) is 30.2 Å². The van der Waals surface area contributed by atoms with E-state index < -0.39 is 5.97 Å². The highest BCUT2D eigenvalue weighted by molar-refractivity contribution is 5.94. The summed E-state index contributed by atoms with van der Waals surface area (Å²) < 4.78 is 0. The van der Waals surface area contributed by atoms with E-state index in [1.165, 1.54) is 0 Å². The summed E-state index contributed by atoms with van der Waals surface area (Å²) >= 11 is 0. The van der Waals surface area contributed by atoms with Crippen molar-refractivity contribution in [3.63, 3.8) is 0 Å².